The van der Waals surface area contributed by atoms with Gasteiger partial charge in [-0.05, 0) is 57.7 Å². The highest BCUT2D eigenvalue weighted by Crippen LogP contribution is 2.52. The fraction of sp³-hybridized carbons (Fsp3) is 0.407. The van der Waals surface area contributed by atoms with E-state index in [0.29, 0.717) is 5.56 Å². The smallest absolute Gasteiger partial charge is 0.339 e. The molecule has 2 bridgehead atoms. The number of carbonyl (C=O) groups excluding carboxylic acids is 2. The van der Waals surface area contributed by atoms with E-state index >= 15 is 0 Å². The summed E-state index contributed by atoms with van der Waals surface area (Å²) < 4.78 is 5.62. The Bertz CT molecular complexity index is 1140. The summed E-state index contributed by atoms with van der Waals surface area (Å²) in [5, 5.41) is 3.68. The second-order valence-electron chi connectivity index (χ2n) is 10.5. The summed E-state index contributed by atoms with van der Waals surface area (Å²) in [6.45, 7) is 7.41. The molecule has 1 amide bonds. The molecule has 1 saturated carbocycles. The fourth-order valence-corrected chi connectivity index (χ4v) is 6.27. The lowest BCUT2D eigenvalue weighted by Gasteiger charge is -2.39. The number of benzene rings is 3. The standard InChI is InChI=1S/C27H29NO3/c1-26(2)13-20-14-27(3,16-26)17-28(20)23(29)15-31-25(30)24-21-10-6-4-8-18(21)12-19-9-5-7-11-22(19)24/h4-12,20H,13-17H2,1-3H3/t20-,27-/m0/s1. The summed E-state index contributed by atoms with van der Waals surface area (Å²) in [5.41, 5.74) is 0.943. The Balaban J connectivity index is 1.39. The second-order valence-corrected chi connectivity index (χ2v) is 10.5. The molecule has 2 atom stereocenters. The van der Waals surface area contributed by atoms with Crippen LogP contribution in [0.2, 0.25) is 0 Å². The van der Waals surface area contributed by atoms with Gasteiger partial charge in [0.15, 0.2) is 6.61 Å². The molecule has 1 aliphatic heterocycles. The van der Waals surface area contributed by atoms with E-state index < -0.39 is 5.97 Å². The molecule has 2 fully saturated rings. The van der Waals surface area contributed by atoms with Crippen molar-refractivity contribution in [1.82, 2.24) is 4.90 Å². The van der Waals surface area contributed by atoms with Crippen molar-refractivity contribution < 1.29 is 14.3 Å². The molecule has 0 spiro atoms. The number of fused-ring (bicyclic) bond motifs is 4. The van der Waals surface area contributed by atoms with Gasteiger partial charge in [-0.25, -0.2) is 4.79 Å². The number of hydrogen-bond acceptors (Lipinski definition) is 3. The van der Waals surface area contributed by atoms with Crippen molar-refractivity contribution in [2.24, 2.45) is 10.8 Å². The van der Waals surface area contributed by atoms with Gasteiger partial charge in [0.05, 0.1) is 5.56 Å². The van der Waals surface area contributed by atoms with Gasteiger partial charge in [0.1, 0.15) is 0 Å². The van der Waals surface area contributed by atoms with Crippen LogP contribution in [0.1, 0.15) is 50.4 Å². The Hall–Kier alpha value is -2.88. The predicted octanol–water partition coefficient (Wildman–Crippen LogP) is 5.58. The number of likely N-dealkylation sites (tertiary alicyclic amines) is 1. The molecule has 3 aromatic carbocycles. The van der Waals surface area contributed by atoms with Gasteiger partial charge in [-0.1, -0.05) is 69.3 Å². The maximum atomic E-state index is 13.2. The van der Waals surface area contributed by atoms with Gasteiger partial charge in [-0.15, -0.1) is 0 Å². The third-order valence-electron chi connectivity index (χ3n) is 7.04. The maximum Gasteiger partial charge on any atom is 0.339 e. The first kappa shape index (κ1) is 20.0. The van der Waals surface area contributed by atoms with Crippen LogP contribution in [-0.2, 0) is 9.53 Å². The van der Waals surface area contributed by atoms with E-state index in [1.54, 1.807) is 0 Å². The number of carbonyl (C=O) groups is 2. The highest BCUT2D eigenvalue weighted by molar-refractivity contribution is 6.16. The first-order chi connectivity index (χ1) is 14.7. The molecule has 0 aromatic heterocycles. The molecule has 0 unspecified atom stereocenters. The average molecular weight is 416 g/mol. The van der Waals surface area contributed by atoms with E-state index in [-0.39, 0.29) is 29.4 Å². The van der Waals surface area contributed by atoms with Gasteiger partial charge in [-0.2, -0.15) is 0 Å². The molecule has 31 heavy (non-hydrogen) atoms. The number of amides is 1. The first-order valence-electron chi connectivity index (χ1n) is 11.1. The van der Waals surface area contributed by atoms with Crippen LogP contribution in [0.3, 0.4) is 0 Å². The van der Waals surface area contributed by atoms with Gasteiger partial charge < -0.3 is 9.64 Å². The average Bonchev–Trinajstić information content (AvgIpc) is 2.98. The molecule has 4 nitrogen and oxygen atoms in total. The monoisotopic (exact) mass is 415 g/mol. The zero-order chi connectivity index (χ0) is 21.8. The second kappa shape index (κ2) is 7.08. The highest BCUT2D eigenvalue weighted by atomic mass is 16.5. The summed E-state index contributed by atoms with van der Waals surface area (Å²) in [6.07, 6.45) is 3.18. The molecule has 1 aliphatic carbocycles. The minimum atomic E-state index is -0.435. The van der Waals surface area contributed by atoms with Crippen molar-refractivity contribution in [1.29, 1.82) is 0 Å². The van der Waals surface area contributed by atoms with Crippen molar-refractivity contribution in [2.45, 2.75) is 46.1 Å². The molecule has 3 aromatic rings. The van der Waals surface area contributed by atoms with Crippen LogP contribution in [0, 0.1) is 10.8 Å². The molecule has 1 saturated heterocycles. The molecular formula is C27H29NO3. The number of hydrogen-bond donors (Lipinski definition) is 0. The number of ether oxygens (including phenoxy) is 1. The van der Waals surface area contributed by atoms with E-state index in [1.165, 1.54) is 0 Å². The lowest BCUT2D eigenvalue weighted by Crippen LogP contribution is -2.39. The van der Waals surface area contributed by atoms with Crippen LogP contribution in [0.5, 0.6) is 0 Å². The first-order valence-corrected chi connectivity index (χ1v) is 11.1. The number of nitrogens with zero attached hydrogens (tertiary/aromatic N) is 1. The van der Waals surface area contributed by atoms with Crippen LogP contribution in [0.25, 0.3) is 21.5 Å². The Morgan fingerprint density at radius 3 is 2.23 bits per heavy atom. The summed E-state index contributed by atoms with van der Waals surface area (Å²) in [7, 11) is 0. The molecular weight excluding hydrogens is 386 g/mol. The van der Waals surface area contributed by atoms with Crippen LogP contribution in [-0.4, -0.2) is 36.0 Å². The van der Waals surface area contributed by atoms with E-state index in [9.17, 15) is 9.59 Å². The zero-order valence-electron chi connectivity index (χ0n) is 18.5. The molecule has 2 aliphatic rings. The van der Waals surface area contributed by atoms with E-state index in [2.05, 4.69) is 26.8 Å². The minimum absolute atomic E-state index is 0.0793. The van der Waals surface area contributed by atoms with Crippen molar-refractivity contribution in [3.05, 3.63) is 60.2 Å². The molecule has 1 heterocycles. The zero-order valence-corrected chi connectivity index (χ0v) is 18.5. The van der Waals surface area contributed by atoms with Crippen LogP contribution < -0.4 is 0 Å². The molecule has 0 N–H and O–H groups in total. The Morgan fingerprint density at radius 1 is 0.968 bits per heavy atom. The summed E-state index contributed by atoms with van der Waals surface area (Å²) >= 11 is 0. The van der Waals surface area contributed by atoms with Crippen molar-refractivity contribution in [3.63, 3.8) is 0 Å². The highest BCUT2D eigenvalue weighted by Gasteiger charge is 2.50. The summed E-state index contributed by atoms with van der Waals surface area (Å²) in [4.78, 5) is 28.2. The predicted molar refractivity (Wildman–Crippen MR) is 123 cm³/mol. The largest absolute Gasteiger partial charge is 0.452 e. The van der Waals surface area contributed by atoms with Gasteiger partial charge in [0.2, 0.25) is 0 Å². The Labute approximate surface area is 183 Å². The number of rotatable bonds is 3. The molecule has 5 rings (SSSR count). The van der Waals surface area contributed by atoms with Gasteiger partial charge >= 0.3 is 5.97 Å². The lowest BCUT2D eigenvalue weighted by atomic mass is 9.65. The van der Waals surface area contributed by atoms with Crippen LogP contribution >= 0.6 is 0 Å². The fourth-order valence-electron chi connectivity index (χ4n) is 6.27. The maximum absolute atomic E-state index is 13.2. The van der Waals surface area contributed by atoms with E-state index in [1.807, 2.05) is 53.4 Å². The number of esters is 1. The van der Waals surface area contributed by atoms with Crippen molar-refractivity contribution in [2.75, 3.05) is 13.2 Å². The van der Waals surface area contributed by atoms with Gasteiger partial charge in [-0.3, -0.25) is 4.79 Å². The Kier molecular flexibility index (Phi) is 4.58. The molecule has 160 valence electrons. The van der Waals surface area contributed by atoms with Gasteiger partial charge in [0, 0.05) is 12.6 Å². The van der Waals surface area contributed by atoms with E-state index in [4.69, 9.17) is 4.74 Å². The normalized spacial score (nSPS) is 24.5. The molecule has 0 radical (unpaired) electrons. The third-order valence-corrected chi connectivity index (χ3v) is 7.04. The van der Waals surface area contributed by atoms with Crippen LogP contribution in [0.15, 0.2) is 54.6 Å². The van der Waals surface area contributed by atoms with Crippen molar-refractivity contribution in [3.8, 4) is 0 Å². The summed E-state index contributed by atoms with van der Waals surface area (Å²) in [5.74, 6) is -0.514. The third kappa shape index (κ3) is 3.58. The summed E-state index contributed by atoms with van der Waals surface area (Å²) in [6, 6.07) is 18.0. The lowest BCUT2D eigenvalue weighted by molar-refractivity contribution is -0.135. The topological polar surface area (TPSA) is 46.6 Å². The van der Waals surface area contributed by atoms with Crippen molar-refractivity contribution >= 4 is 33.4 Å². The Morgan fingerprint density at radius 2 is 1.58 bits per heavy atom. The quantitative estimate of drug-likeness (QED) is 0.415. The van der Waals surface area contributed by atoms with Gasteiger partial charge in [0.25, 0.3) is 5.91 Å². The molecule has 4 heteroatoms. The minimum Gasteiger partial charge on any atom is -0.452 e. The van der Waals surface area contributed by atoms with E-state index in [0.717, 1.165) is 47.4 Å². The SMILES string of the molecule is CC1(C)C[C@H]2C[C@](C)(CN2C(=O)COC(=O)c2c3ccccc3cc3ccccc23)C1. The van der Waals surface area contributed by atoms with Crippen LogP contribution in [0.4, 0.5) is 0 Å².